The van der Waals surface area contributed by atoms with Crippen LogP contribution in [0.3, 0.4) is 0 Å². The zero-order valence-electron chi connectivity index (χ0n) is 9.42. The molecule has 0 spiro atoms. The molecule has 1 rings (SSSR count). The molecule has 0 unspecified atom stereocenters. The van der Waals surface area contributed by atoms with E-state index < -0.39 is 0 Å². The van der Waals surface area contributed by atoms with Crippen molar-refractivity contribution in [3.8, 4) is 5.75 Å². The fourth-order valence-electron chi connectivity index (χ4n) is 1.21. The number of amides is 1. The minimum atomic E-state index is 0.00496. The van der Waals surface area contributed by atoms with E-state index >= 15 is 0 Å². The van der Waals surface area contributed by atoms with Crippen LogP contribution in [0.4, 0.5) is 0 Å². The summed E-state index contributed by atoms with van der Waals surface area (Å²) in [5, 5.41) is 3.42. The lowest BCUT2D eigenvalue weighted by atomic mass is 10.3. The summed E-state index contributed by atoms with van der Waals surface area (Å²) in [5.74, 6) is 1.25. The molecule has 94 valence electrons. The molecule has 0 saturated heterocycles. The van der Waals surface area contributed by atoms with Crippen LogP contribution in [0, 0.1) is 0 Å². The maximum absolute atomic E-state index is 11.2. The number of ether oxygens (including phenoxy) is 1. The van der Waals surface area contributed by atoms with Gasteiger partial charge in [0.1, 0.15) is 12.4 Å². The van der Waals surface area contributed by atoms with Gasteiger partial charge in [0.15, 0.2) is 0 Å². The monoisotopic (exact) mass is 275 g/mol. The van der Waals surface area contributed by atoms with E-state index in [0.717, 1.165) is 5.75 Å². The molecule has 0 atom stereocenters. The van der Waals surface area contributed by atoms with E-state index in [2.05, 4.69) is 5.32 Å². The normalized spacial score (nSPS) is 10.0. The highest BCUT2D eigenvalue weighted by atomic mass is 35.5. The Bertz CT molecular complexity index is 341. The van der Waals surface area contributed by atoms with E-state index in [-0.39, 0.29) is 5.91 Å². The molecule has 1 amide bonds. The third-order valence-electron chi connectivity index (χ3n) is 2.04. The van der Waals surface area contributed by atoms with E-state index in [1.807, 2.05) is 0 Å². The number of hydrogen-bond acceptors (Lipinski definition) is 2. The first kappa shape index (κ1) is 14.1. The van der Waals surface area contributed by atoms with Crippen molar-refractivity contribution in [1.82, 2.24) is 5.32 Å². The van der Waals surface area contributed by atoms with Gasteiger partial charge in [-0.25, -0.2) is 0 Å². The molecule has 0 saturated carbocycles. The number of nitrogens with one attached hydrogen (secondary N) is 1. The number of alkyl halides is 1. The second-order valence-electron chi connectivity index (χ2n) is 3.44. The van der Waals surface area contributed by atoms with E-state index in [1.165, 1.54) is 0 Å². The van der Waals surface area contributed by atoms with Gasteiger partial charge >= 0.3 is 0 Å². The maximum Gasteiger partial charge on any atom is 0.220 e. The van der Waals surface area contributed by atoms with Crippen LogP contribution in [0.5, 0.6) is 5.75 Å². The Balaban J connectivity index is 2.11. The second kappa shape index (κ2) is 8.20. The predicted octanol–water partition coefficient (Wildman–Crippen LogP) is 2.85. The zero-order valence-corrected chi connectivity index (χ0v) is 10.9. The summed E-state index contributed by atoms with van der Waals surface area (Å²) < 4.78 is 5.42. The molecule has 0 bridgehead atoms. The molecule has 17 heavy (non-hydrogen) atoms. The van der Waals surface area contributed by atoms with E-state index in [4.69, 9.17) is 27.9 Å². The summed E-state index contributed by atoms with van der Waals surface area (Å²) in [6, 6.07) is 7.10. The van der Waals surface area contributed by atoms with Crippen LogP contribution in [0.1, 0.15) is 12.8 Å². The molecule has 1 N–H and O–H groups in total. The van der Waals surface area contributed by atoms with Gasteiger partial charge < -0.3 is 10.1 Å². The SMILES string of the molecule is O=C(CCCCl)NCCOc1ccc(Cl)cc1. The number of benzene rings is 1. The van der Waals surface area contributed by atoms with Gasteiger partial charge in [0.05, 0.1) is 6.54 Å². The Morgan fingerprint density at radius 2 is 2.00 bits per heavy atom. The van der Waals surface area contributed by atoms with Gasteiger partial charge in [0, 0.05) is 17.3 Å². The van der Waals surface area contributed by atoms with Crippen LogP contribution >= 0.6 is 23.2 Å². The van der Waals surface area contributed by atoms with Crippen LogP contribution in [-0.4, -0.2) is 24.9 Å². The minimum Gasteiger partial charge on any atom is -0.492 e. The van der Waals surface area contributed by atoms with Crippen molar-refractivity contribution in [2.45, 2.75) is 12.8 Å². The zero-order chi connectivity index (χ0) is 12.5. The first-order valence-electron chi connectivity index (χ1n) is 5.43. The summed E-state index contributed by atoms with van der Waals surface area (Å²) >= 11 is 11.2. The van der Waals surface area contributed by atoms with Crippen molar-refractivity contribution in [3.05, 3.63) is 29.3 Å². The third kappa shape index (κ3) is 6.39. The van der Waals surface area contributed by atoms with Crippen LogP contribution in [0.15, 0.2) is 24.3 Å². The van der Waals surface area contributed by atoms with Gasteiger partial charge in [-0.15, -0.1) is 11.6 Å². The minimum absolute atomic E-state index is 0.00496. The Morgan fingerprint density at radius 3 is 2.65 bits per heavy atom. The lowest BCUT2D eigenvalue weighted by Crippen LogP contribution is -2.27. The Kier molecular flexibility index (Phi) is 6.82. The molecule has 0 heterocycles. The van der Waals surface area contributed by atoms with E-state index in [1.54, 1.807) is 24.3 Å². The molecular formula is C12H15Cl2NO2. The van der Waals surface area contributed by atoms with Crippen LogP contribution in [0.2, 0.25) is 5.02 Å². The summed E-state index contributed by atoms with van der Waals surface area (Å²) in [7, 11) is 0. The summed E-state index contributed by atoms with van der Waals surface area (Å²) in [5.41, 5.74) is 0. The summed E-state index contributed by atoms with van der Waals surface area (Å²) in [6.45, 7) is 0.929. The molecule has 5 heteroatoms. The van der Waals surface area contributed by atoms with Crippen molar-refractivity contribution >= 4 is 29.1 Å². The average molecular weight is 276 g/mol. The van der Waals surface area contributed by atoms with Crippen molar-refractivity contribution in [3.63, 3.8) is 0 Å². The van der Waals surface area contributed by atoms with Crippen LogP contribution in [0.25, 0.3) is 0 Å². The summed E-state index contributed by atoms with van der Waals surface area (Å²) in [6.07, 6.45) is 1.16. The second-order valence-corrected chi connectivity index (χ2v) is 4.26. The smallest absolute Gasteiger partial charge is 0.220 e. The summed E-state index contributed by atoms with van der Waals surface area (Å²) in [4.78, 5) is 11.2. The fraction of sp³-hybridized carbons (Fsp3) is 0.417. The van der Waals surface area contributed by atoms with E-state index in [0.29, 0.717) is 36.9 Å². The molecule has 0 aliphatic heterocycles. The Morgan fingerprint density at radius 1 is 1.29 bits per heavy atom. The lowest BCUT2D eigenvalue weighted by Gasteiger charge is -2.07. The molecule has 0 aromatic heterocycles. The standard InChI is InChI=1S/C12H15Cl2NO2/c13-7-1-2-12(16)15-8-9-17-11-5-3-10(14)4-6-11/h3-6H,1-2,7-9H2,(H,15,16). The van der Waals surface area contributed by atoms with Crippen molar-refractivity contribution in [2.75, 3.05) is 19.0 Å². The Labute approximate surface area is 111 Å². The number of carbonyl (C=O) groups is 1. The van der Waals surface area contributed by atoms with Crippen molar-refractivity contribution in [1.29, 1.82) is 0 Å². The van der Waals surface area contributed by atoms with E-state index in [9.17, 15) is 4.79 Å². The molecule has 3 nitrogen and oxygen atoms in total. The van der Waals surface area contributed by atoms with Crippen LogP contribution < -0.4 is 10.1 Å². The quantitative estimate of drug-likeness (QED) is 0.614. The van der Waals surface area contributed by atoms with Gasteiger partial charge in [0.2, 0.25) is 5.91 Å². The third-order valence-corrected chi connectivity index (χ3v) is 2.56. The highest BCUT2D eigenvalue weighted by molar-refractivity contribution is 6.30. The van der Waals surface area contributed by atoms with Gasteiger partial charge in [-0.3, -0.25) is 4.79 Å². The largest absolute Gasteiger partial charge is 0.492 e. The topological polar surface area (TPSA) is 38.3 Å². The number of carbonyl (C=O) groups excluding carboxylic acids is 1. The van der Waals surface area contributed by atoms with Crippen molar-refractivity contribution < 1.29 is 9.53 Å². The Hall–Kier alpha value is -0.930. The predicted molar refractivity (Wildman–Crippen MR) is 69.9 cm³/mol. The number of halogens is 2. The van der Waals surface area contributed by atoms with Gasteiger partial charge in [0.25, 0.3) is 0 Å². The fourth-order valence-corrected chi connectivity index (χ4v) is 1.47. The molecule has 1 aromatic carbocycles. The number of hydrogen-bond donors (Lipinski definition) is 1. The first-order chi connectivity index (χ1) is 8.22. The van der Waals surface area contributed by atoms with Gasteiger partial charge in [-0.2, -0.15) is 0 Å². The van der Waals surface area contributed by atoms with Gasteiger partial charge in [-0.05, 0) is 30.7 Å². The molecule has 1 aromatic rings. The highest BCUT2D eigenvalue weighted by Crippen LogP contribution is 2.14. The highest BCUT2D eigenvalue weighted by Gasteiger charge is 1.99. The average Bonchev–Trinajstić information content (AvgIpc) is 2.34. The molecule has 0 radical (unpaired) electrons. The molecular weight excluding hydrogens is 261 g/mol. The maximum atomic E-state index is 11.2. The number of rotatable bonds is 7. The lowest BCUT2D eigenvalue weighted by molar-refractivity contribution is -0.121. The molecule has 0 aliphatic carbocycles. The molecule has 0 aliphatic rings. The van der Waals surface area contributed by atoms with Crippen LogP contribution in [-0.2, 0) is 4.79 Å². The molecule has 0 fully saturated rings. The first-order valence-corrected chi connectivity index (χ1v) is 6.34. The van der Waals surface area contributed by atoms with Gasteiger partial charge in [-0.1, -0.05) is 11.6 Å². The van der Waals surface area contributed by atoms with Crippen molar-refractivity contribution in [2.24, 2.45) is 0 Å².